The van der Waals surface area contributed by atoms with Gasteiger partial charge in [-0.15, -0.1) is 0 Å². The number of sulfonamides is 1. The molecule has 0 aromatic carbocycles. The first-order chi connectivity index (χ1) is 9.79. The van der Waals surface area contributed by atoms with Gasteiger partial charge in [0.05, 0.1) is 6.10 Å². The zero-order chi connectivity index (χ0) is 15.5. The second-order valence-corrected chi connectivity index (χ2v) is 6.47. The Morgan fingerprint density at radius 1 is 1.38 bits per heavy atom. The molecule has 0 bridgehead atoms. The van der Waals surface area contributed by atoms with Crippen LogP contribution < -0.4 is 4.72 Å². The van der Waals surface area contributed by atoms with Gasteiger partial charge in [0.15, 0.2) is 0 Å². The third kappa shape index (κ3) is 4.39. The van der Waals surface area contributed by atoms with Gasteiger partial charge in [0.2, 0.25) is 10.0 Å². The van der Waals surface area contributed by atoms with Crippen molar-refractivity contribution < 1.29 is 26.3 Å². The third-order valence-electron chi connectivity index (χ3n) is 3.12. The molecule has 1 aromatic heterocycles. The fourth-order valence-electron chi connectivity index (χ4n) is 2.02. The molecular formula is C12H15F3N2O3S. The van der Waals surface area contributed by atoms with E-state index in [0.717, 1.165) is 18.9 Å². The molecule has 2 heterocycles. The number of hydrogen-bond donors (Lipinski definition) is 1. The normalized spacial score (nSPS) is 19.9. The summed E-state index contributed by atoms with van der Waals surface area (Å²) < 4.78 is 68.5. The molecule has 0 unspecified atom stereocenters. The highest BCUT2D eigenvalue weighted by molar-refractivity contribution is 7.89. The zero-order valence-corrected chi connectivity index (χ0v) is 11.9. The minimum absolute atomic E-state index is 0.0402. The molecule has 2 rings (SSSR count). The Kier molecular flexibility index (Phi) is 4.84. The van der Waals surface area contributed by atoms with Gasteiger partial charge in [0.25, 0.3) is 0 Å². The van der Waals surface area contributed by atoms with Crippen LogP contribution in [-0.2, 0) is 20.9 Å². The maximum Gasteiger partial charge on any atom is 0.433 e. The first-order valence-electron chi connectivity index (χ1n) is 6.43. The molecule has 0 amide bonds. The molecule has 1 saturated heterocycles. The zero-order valence-electron chi connectivity index (χ0n) is 11.1. The summed E-state index contributed by atoms with van der Waals surface area (Å²) in [6.45, 7) is 0.855. The summed E-state index contributed by atoms with van der Waals surface area (Å²) in [7, 11) is -3.85. The molecule has 0 spiro atoms. The molecule has 0 radical (unpaired) electrons. The fourth-order valence-corrected chi connectivity index (χ4v) is 3.01. The van der Waals surface area contributed by atoms with Gasteiger partial charge >= 0.3 is 6.18 Å². The molecule has 5 nitrogen and oxygen atoms in total. The first-order valence-corrected chi connectivity index (χ1v) is 7.92. The lowest BCUT2D eigenvalue weighted by atomic mass is 10.2. The summed E-state index contributed by atoms with van der Waals surface area (Å²) in [5.74, 6) is 0. The topological polar surface area (TPSA) is 68.3 Å². The molecule has 118 valence electrons. The van der Waals surface area contributed by atoms with Crippen LogP contribution in [0.3, 0.4) is 0 Å². The van der Waals surface area contributed by atoms with Crippen LogP contribution in [0, 0.1) is 0 Å². The van der Waals surface area contributed by atoms with E-state index >= 15 is 0 Å². The van der Waals surface area contributed by atoms with Crippen LogP contribution in [0.2, 0.25) is 0 Å². The monoisotopic (exact) mass is 324 g/mol. The first kappa shape index (κ1) is 16.2. The van der Waals surface area contributed by atoms with Crippen molar-refractivity contribution >= 4 is 10.0 Å². The van der Waals surface area contributed by atoms with Crippen molar-refractivity contribution in [2.45, 2.75) is 36.4 Å². The van der Waals surface area contributed by atoms with Crippen molar-refractivity contribution in [3.8, 4) is 0 Å². The van der Waals surface area contributed by atoms with E-state index in [-0.39, 0.29) is 17.5 Å². The molecule has 0 aliphatic carbocycles. The Morgan fingerprint density at radius 2 is 2.14 bits per heavy atom. The number of hydrogen-bond acceptors (Lipinski definition) is 4. The van der Waals surface area contributed by atoms with E-state index in [1.807, 2.05) is 0 Å². The average molecular weight is 324 g/mol. The standard InChI is InChI=1S/C12H15F3N2O3S/c13-12(14,15)11-4-3-10(8-16-11)21(18,19)17-6-5-9-2-1-7-20-9/h3-4,8-9,17H,1-2,5-7H2/t9-/m0/s1. The summed E-state index contributed by atoms with van der Waals surface area (Å²) in [6, 6.07) is 1.54. The van der Waals surface area contributed by atoms with Crippen LogP contribution in [0.4, 0.5) is 13.2 Å². The van der Waals surface area contributed by atoms with Crippen LogP contribution in [0.15, 0.2) is 23.2 Å². The molecule has 1 N–H and O–H groups in total. The second kappa shape index (κ2) is 6.29. The molecule has 1 aromatic rings. The minimum atomic E-state index is -4.59. The van der Waals surface area contributed by atoms with Crippen molar-refractivity contribution in [1.82, 2.24) is 9.71 Å². The Labute approximate surface area is 120 Å². The van der Waals surface area contributed by atoms with Gasteiger partial charge in [-0.25, -0.2) is 13.1 Å². The lowest BCUT2D eigenvalue weighted by Crippen LogP contribution is -2.27. The number of pyridine rings is 1. The highest BCUT2D eigenvalue weighted by atomic mass is 32.2. The maximum absolute atomic E-state index is 12.4. The summed E-state index contributed by atoms with van der Waals surface area (Å²) in [4.78, 5) is 2.84. The highest BCUT2D eigenvalue weighted by Gasteiger charge is 2.32. The van der Waals surface area contributed by atoms with E-state index in [1.165, 1.54) is 0 Å². The van der Waals surface area contributed by atoms with Gasteiger partial charge in [-0.2, -0.15) is 13.2 Å². The molecule has 1 aliphatic rings. The van der Waals surface area contributed by atoms with E-state index in [0.29, 0.717) is 25.3 Å². The van der Waals surface area contributed by atoms with E-state index in [2.05, 4.69) is 9.71 Å². The van der Waals surface area contributed by atoms with Gasteiger partial charge in [-0.05, 0) is 31.4 Å². The van der Waals surface area contributed by atoms with Gasteiger partial charge in [0.1, 0.15) is 10.6 Å². The molecule has 9 heteroatoms. The average Bonchev–Trinajstić information content (AvgIpc) is 2.91. The number of ether oxygens (including phenoxy) is 1. The predicted molar refractivity (Wildman–Crippen MR) is 68.0 cm³/mol. The molecule has 1 atom stereocenters. The second-order valence-electron chi connectivity index (χ2n) is 4.70. The lowest BCUT2D eigenvalue weighted by Gasteiger charge is -2.11. The van der Waals surface area contributed by atoms with Gasteiger partial charge < -0.3 is 4.74 Å². The lowest BCUT2D eigenvalue weighted by molar-refractivity contribution is -0.141. The number of halogens is 3. The van der Waals surface area contributed by atoms with Gasteiger partial charge in [-0.3, -0.25) is 4.98 Å². The molecule has 1 fully saturated rings. The quantitative estimate of drug-likeness (QED) is 0.899. The fraction of sp³-hybridized carbons (Fsp3) is 0.583. The van der Waals surface area contributed by atoms with Crippen molar-refractivity contribution in [2.24, 2.45) is 0 Å². The maximum atomic E-state index is 12.4. The number of rotatable bonds is 5. The Balaban J connectivity index is 1.95. The van der Waals surface area contributed by atoms with E-state index in [1.54, 1.807) is 0 Å². The Morgan fingerprint density at radius 3 is 2.67 bits per heavy atom. The van der Waals surface area contributed by atoms with E-state index in [9.17, 15) is 21.6 Å². The third-order valence-corrected chi connectivity index (χ3v) is 4.57. The Hall–Kier alpha value is -1.19. The summed E-state index contributed by atoms with van der Waals surface area (Å²) in [6.07, 6.45) is -1.46. The smallest absolute Gasteiger partial charge is 0.378 e. The largest absolute Gasteiger partial charge is 0.433 e. The van der Waals surface area contributed by atoms with Crippen molar-refractivity contribution in [1.29, 1.82) is 0 Å². The van der Waals surface area contributed by atoms with E-state index < -0.39 is 21.9 Å². The van der Waals surface area contributed by atoms with Crippen LogP contribution in [-0.4, -0.2) is 32.7 Å². The molecular weight excluding hydrogens is 309 g/mol. The molecule has 21 heavy (non-hydrogen) atoms. The summed E-state index contributed by atoms with van der Waals surface area (Å²) >= 11 is 0. The van der Waals surface area contributed by atoms with Crippen molar-refractivity contribution in [2.75, 3.05) is 13.2 Å². The summed E-state index contributed by atoms with van der Waals surface area (Å²) in [5, 5.41) is 0. The molecule has 0 saturated carbocycles. The predicted octanol–water partition coefficient (Wildman–Crippen LogP) is 1.95. The number of alkyl halides is 3. The van der Waals surface area contributed by atoms with Crippen LogP contribution >= 0.6 is 0 Å². The van der Waals surface area contributed by atoms with Crippen LogP contribution in [0.25, 0.3) is 0 Å². The number of nitrogens with one attached hydrogen (secondary N) is 1. The van der Waals surface area contributed by atoms with Crippen LogP contribution in [0.5, 0.6) is 0 Å². The van der Waals surface area contributed by atoms with Gasteiger partial charge in [-0.1, -0.05) is 0 Å². The number of nitrogens with zero attached hydrogens (tertiary/aromatic N) is 1. The van der Waals surface area contributed by atoms with Crippen LogP contribution in [0.1, 0.15) is 25.0 Å². The van der Waals surface area contributed by atoms with Gasteiger partial charge in [0, 0.05) is 19.3 Å². The van der Waals surface area contributed by atoms with E-state index in [4.69, 9.17) is 4.74 Å². The SMILES string of the molecule is O=S(=O)(NCC[C@@H]1CCCO1)c1ccc(C(F)(F)F)nc1. The Bertz CT molecular complexity index is 566. The molecule has 1 aliphatic heterocycles. The van der Waals surface area contributed by atoms with Crippen molar-refractivity contribution in [3.05, 3.63) is 24.0 Å². The minimum Gasteiger partial charge on any atom is -0.378 e. The highest BCUT2D eigenvalue weighted by Crippen LogP contribution is 2.27. The summed E-state index contributed by atoms with van der Waals surface area (Å²) in [5.41, 5.74) is -1.12. The van der Waals surface area contributed by atoms with Crippen molar-refractivity contribution in [3.63, 3.8) is 0 Å². The number of aromatic nitrogens is 1.